The number of nitrogens with zero attached hydrogens (tertiary/aromatic N) is 2. The van der Waals surface area contributed by atoms with Crippen LogP contribution in [0.3, 0.4) is 0 Å². The third-order valence-electron chi connectivity index (χ3n) is 2.31. The molecule has 18 heavy (non-hydrogen) atoms. The SMILES string of the molecule is Cc1ccc(Cn2cc([N+](=O)[O-])c(=O)[nH]c2=O)o1. The van der Waals surface area contributed by atoms with E-state index in [0.29, 0.717) is 11.5 Å². The van der Waals surface area contributed by atoms with Gasteiger partial charge in [-0.05, 0) is 19.1 Å². The molecule has 0 atom stereocenters. The van der Waals surface area contributed by atoms with Crippen LogP contribution in [0.1, 0.15) is 11.5 Å². The minimum atomic E-state index is -1.02. The van der Waals surface area contributed by atoms with E-state index in [4.69, 9.17) is 4.42 Å². The van der Waals surface area contributed by atoms with Crippen LogP contribution in [-0.4, -0.2) is 14.5 Å². The zero-order chi connectivity index (χ0) is 13.3. The van der Waals surface area contributed by atoms with E-state index in [1.165, 1.54) is 0 Å². The number of aromatic amines is 1. The molecule has 0 aliphatic carbocycles. The van der Waals surface area contributed by atoms with E-state index < -0.39 is 21.9 Å². The summed E-state index contributed by atoms with van der Waals surface area (Å²) < 4.78 is 6.26. The topological polar surface area (TPSA) is 111 Å². The molecule has 2 rings (SSSR count). The summed E-state index contributed by atoms with van der Waals surface area (Å²) in [6.07, 6.45) is 0.902. The van der Waals surface area contributed by atoms with E-state index in [1.807, 2.05) is 4.98 Å². The lowest BCUT2D eigenvalue weighted by atomic mass is 10.4. The molecule has 0 aliphatic rings. The van der Waals surface area contributed by atoms with Gasteiger partial charge >= 0.3 is 16.9 Å². The van der Waals surface area contributed by atoms with Crippen molar-refractivity contribution in [2.24, 2.45) is 0 Å². The molecule has 94 valence electrons. The van der Waals surface area contributed by atoms with Gasteiger partial charge in [0.15, 0.2) is 0 Å². The van der Waals surface area contributed by atoms with E-state index >= 15 is 0 Å². The van der Waals surface area contributed by atoms with E-state index in [1.54, 1.807) is 19.1 Å². The second kappa shape index (κ2) is 4.32. The Morgan fingerprint density at radius 1 is 1.44 bits per heavy atom. The van der Waals surface area contributed by atoms with Crippen molar-refractivity contribution in [3.63, 3.8) is 0 Å². The van der Waals surface area contributed by atoms with Crippen LogP contribution in [0.4, 0.5) is 5.69 Å². The number of rotatable bonds is 3. The minimum Gasteiger partial charge on any atom is -0.464 e. The fourth-order valence-electron chi connectivity index (χ4n) is 1.48. The Labute approximate surface area is 99.6 Å². The lowest BCUT2D eigenvalue weighted by molar-refractivity contribution is -0.386. The largest absolute Gasteiger partial charge is 0.464 e. The van der Waals surface area contributed by atoms with Crippen LogP contribution in [0.25, 0.3) is 0 Å². The fourth-order valence-corrected chi connectivity index (χ4v) is 1.48. The third kappa shape index (κ3) is 2.21. The summed E-state index contributed by atoms with van der Waals surface area (Å²) in [6.45, 7) is 1.76. The van der Waals surface area contributed by atoms with Gasteiger partial charge in [0.2, 0.25) is 0 Å². The van der Waals surface area contributed by atoms with Gasteiger partial charge in [-0.2, -0.15) is 0 Å². The van der Waals surface area contributed by atoms with E-state index in [9.17, 15) is 19.7 Å². The molecule has 0 aromatic carbocycles. The molecule has 8 nitrogen and oxygen atoms in total. The first-order chi connectivity index (χ1) is 8.47. The van der Waals surface area contributed by atoms with Gasteiger partial charge in [0.05, 0.1) is 17.7 Å². The zero-order valence-electron chi connectivity index (χ0n) is 9.37. The Morgan fingerprint density at radius 2 is 2.17 bits per heavy atom. The van der Waals surface area contributed by atoms with E-state index in [2.05, 4.69) is 0 Å². The van der Waals surface area contributed by atoms with Crippen molar-refractivity contribution in [1.82, 2.24) is 9.55 Å². The van der Waals surface area contributed by atoms with Crippen LogP contribution in [0.5, 0.6) is 0 Å². The summed E-state index contributed by atoms with van der Waals surface area (Å²) >= 11 is 0. The third-order valence-corrected chi connectivity index (χ3v) is 2.31. The van der Waals surface area contributed by atoms with Crippen molar-refractivity contribution >= 4 is 5.69 Å². The van der Waals surface area contributed by atoms with Crippen molar-refractivity contribution in [3.05, 3.63) is 60.8 Å². The van der Waals surface area contributed by atoms with Gasteiger partial charge in [-0.15, -0.1) is 0 Å². The molecular formula is C10H9N3O5. The molecule has 2 heterocycles. The molecule has 2 aromatic rings. The summed E-state index contributed by atoms with van der Waals surface area (Å²) in [5, 5.41) is 10.6. The van der Waals surface area contributed by atoms with Crippen LogP contribution in [0.15, 0.2) is 32.3 Å². The maximum absolute atomic E-state index is 11.5. The maximum atomic E-state index is 11.5. The Balaban J connectivity index is 2.45. The molecule has 0 amide bonds. The first-order valence-electron chi connectivity index (χ1n) is 5.01. The smallest absolute Gasteiger partial charge is 0.350 e. The van der Waals surface area contributed by atoms with Crippen LogP contribution in [0, 0.1) is 17.0 Å². The van der Waals surface area contributed by atoms with Crippen molar-refractivity contribution < 1.29 is 9.34 Å². The Bertz CT molecular complexity index is 709. The highest BCUT2D eigenvalue weighted by Gasteiger charge is 2.15. The number of hydrogen-bond acceptors (Lipinski definition) is 5. The molecule has 2 aromatic heterocycles. The van der Waals surface area contributed by atoms with E-state index in [-0.39, 0.29) is 6.54 Å². The molecule has 0 radical (unpaired) electrons. The van der Waals surface area contributed by atoms with E-state index in [0.717, 1.165) is 10.8 Å². The molecule has 8 heteroatoms. The monoisotopic (exact) mass is 251 g/mol. The van der Waals surface area contributed by atoms with Crippen LogP contribution >= 0.6 is 0 Å². The Morgan fingerprint density at radius 3 is 2.72 bits per heavy atom. The predicted molar refractivity (Wildman–Crippen MR) is 60.5 cm³/mol. The van der Waals surface area contributed by atoms with Crippen molar-refractivity contribution in [2.75, 3.05) is 0 Å². The van der Waals surface area contributed by atoms with Crippen LogP contribution in [-0.2, 0) is 6.54 Å². The molecule has 0 spiro atoms. The number of H-pyrrole nitrogens is 1. The number of furan rings is 1. The van der Waals surface area contributed by atoms with Crippen molar-refractivity contribution in [2.45, 2.75) is 13.5 Å². The molecular weight excluding hydrogens is 242 g/mol. The van der Waals surface area contributed by atoms with Gasteiger partial charge in [-0.1, -0.05) is 0 Å². The lowest BCUT2D eigenvalue weighted by Crippen LogP contribution is -2.31. The number of hydrogen-bond donors (Lipinski definition) is 1. The molecule has 1 N–H and O–H groups in total. The van der Waals surface area contributed by atoms with Crippen molar-refractivity contribution in [1.29, 1.82) is 0 Å². The number of aromatic nitrogens is 2. The molecule has 0 saturated carbocycles. The second-order valence-electron chi connectivity index (χ2n) is 3.67. The normalized spacial score (nSPS) is 10.5. The highest BCUT2D eigenvalue weighted by Crippen LogP contribution is 2.08. The van der Waals surface area contributed by atoms with Gasteiger partial charge in [-0.3, -0.25) is 24.5 Å². The first kappa shape index (κ1) is 11.8. The molecule has 0 aliphatic heterocycles. The number of aryl methyl sites for hydroxylation is 1. The molecule has 0 saturated heterocycles. The first-order valence-corrected chi connectivity index (χ1v) is 5.01. The van der Waals surface area contributed by atoms with Gasteiger partial charge < -0.3 is 4.42 Å². The number of nitro groups is 1. The summed E-state index contributed by atoms with van der Waals surface area (Å²) in [7, 11) is 0. The highest BCUT2D eigenvalue weighted by atomic mass is 16.6. The molecule has 0 fully saturated rings. The highest BCUT2D eigenvalue weighted by molar-refractivity contribution is 5.21. The average molecular weight is 251 g/mol. The average Bonchev–Trinajstić information content (AvgIpc) is 2.67. The number of nitrogens with one attached hydrogen (secondary N) is 1. The minimum absolute atomic E-state index is 0.0181. The van der Waals surface area contributed by atoms with Gasteiger partial charge in [0.25, 0.3) is 0 Å². The molecule has 0 unspecified atom stereocenters. The fraction of sp³-hybridized carbons (Fsp3) is 0.200. The molecule has 0 bridgehead atoms. The second-order valence-corrected chi connectivity index (χ2v) is 3.67. The Hall–Kier alpha value is -2.64. The summed E-state index contributed by atoms with van der Waals surface area (Å²) in [6, 6.07) is 3.36. The van der Waals surface area contributed by atoms with Gasteiger partial charge in [0, 0.05) is 0 Å². The van der Waals surface area contributed by atoms with Crippen LogP contribution in [0.2, 0.25) is 0 Å². The van der Waals surface area contributed by atoms with Gasteiger partial charge in [0.1, 0.15) is 11.5 Å². The summed E-state index contributed by atoms with van der Waals surface area (Å²) in [5.74, 6) is 1.13. The van der Waals surface area contributed by atoms with Crippen molar-refractivity contribution in [3.8, 4) is 0 Å². The lowest BCUT2D eigenvalue weighted by Gasteiger charge is -2.01. The Kier molecular flexibility index (Phi) is 2.84. The van der Waals surface area contributed by atoms with Crippen LogP contribution < -0.4 is 11.2 Å². The standard InChI is InChI=1S/C10H9N3O5/c1-6-2-3-7(18-6)4-12-5-8(13(16)17)9(14)11-10(12)15/h2-3,5H,4H2,1H3,(H,11,14,15). The summed E-state index contributed by atoms with van der Waals surface area (Å²) in [4.78, 5) is 34.3. The van der Waals surface area contributed by atoms with Gasteiger partial charge in [-0.25, -0.2) is 4.79 Å². The summed E-state index contributed by atoms with van der Waals surface area (Å²) in [5.41, 5.74) is -2.42. The zero-order valence-corrected chi connectivity index (χ0v) is 9.37. The quantitative estimate of drug-likeness (QED) is 0.626. The predicted octanol–water partition coefficient (Wildman–Crippen LogP) is 0.395. The maximum Gasteiger partial charge on any atom is 0.350 e.